The summed E-state index contributed by atoms with van der Waals surface area (Å²) >= 11 is 0. The molecule has 3 fully saturated rings. The predicted octanol–water partition coefficient (Wildman–Crippen LogP) is 3.82. The van der Waals surface area contributed by atoms with Crippen LogP contribution in [-0.2, 0) is 0 Å². The van der Waals surface area contributed by atoms with Crippen LogP contribution in [0.3, 0.4) is 0 Å². The summed E-state index contributed by atoms with van der Waals surface area (Å²) in [5, 5.41) is 8.36. The lowest BCUT2D eigenvalue weighted by Crippen LogP contribution is -2.46. The Labute approximate surface area is 147 Å². The van der Waals surface area contributed by atoms with Crippen molar-refractivity contribution in [2.75, 3.05) is 31.1 Å². The number of alkyl halides is 2. The number of rotatable bonds is 3. The highest BCUT2D eigenvalue weighted by molar-refractivity contribution is 5.25. The fourth-order valence-corrected chi connectivity index (χ4v) is 4.51. The number of likely N-dealkylation sites (tertiary alicyclic amines) is 1. The highest BCUT2D eigenvalue weighted by Crippen LogP contribution is 2.40. The Balaban J connectivity index is 1.31. The van der Waals surface area contributed by atoms with E-state index in [1.807, 2.05) is 0 Å². The van der Waals surface area contributed by atoms with Crippen molar-refractivity contribution < 1.29 is 13.2 Å². The molecule has 2 aliphatic heterocycles. The third-order valence-corrected chi connectivity index (χ3v) is 6.14. The molecule has 1 aliphatic carbocycles. The normalized spacial score (nSPS) is 26.9. The van der Waals surface area contributed by atoms with Gasteiger partial charge in [0.05, 0.1) is 0 Å². The summed E-state index contributed by atoms with van der Waals surface area (Å²) in [5.41, 5.74) is 0. The molecule has 2 saturated heterocycles. The van der Waals surface area contributed by atoms with Gasteiger partial charge in [-0.1, -0.05) is 11.5 Å². The fourth-order valence-electron chi connectivity index (χ4n) is 4.51. The van der Waals surface area contributed by atoms with E-state index in [1.54, 1.807) is 0 Å². The van der Waals surface area contributed by atoms with Crippen molar-refractivity contribution in [1.29, 1.82) is 0 Å². The number of aromatic nitrogens is 2. The fraction of sp³-hybridized carbons (Fsp3) is 0.889. The van der Waals surface area contributed by atoms with E-state index < -0.39 is 5.92 Å². The second-order valence-corrected chi connectivity index (χ2v) is 7.87. The molecule has 0 amide bonds. The Kier molecular flexibility index (Phi) is 4.93. The Morgan fingerprint density at radius 3 is 2.24 bits per heavy atom. The lowest BCUT2D eigenvalue weighted by atomic mass is 9.87. The predicted molar refractivity (Wildman–Crippen MR) is 91.1 cm³/mol. The number of anilines is 1. The lowest BCUT2D eigenvalue weighted by Gasteiger charge is -2.39. The molecule has 7 heteroatoms. The molecule has 4 rings (SSSR count). The van der Waals surface area contributed by atoms with Crippen molar-refractivity contribution >= 4 is 6.01 Å². The minimum absolute atomic E-state index is 0.00763. The number of halogens is 2. The largest absolute Gasteiger partial charge is 0.408 e. The average molecular weight is 354 g/mol. The standard InChI is InChI=1S/C18H28F2N4O/c19-18(20)8-4-14(5-9-18)16-21-22-17(25-16)24-12-6-15(7-13-24)23-10-2-1-3-11-23/h14-15H,1-13H2. The van der Waals surface area contributed by atoms with Crippen LogP contribution < -0.4 is 4.90 Å². The first-order chi connectivity index (χ1) is 12.1. The molecule has 0 atom stereocenters. The molecule has 3 heterocycles. The summed E-state index contributed by atoms with van der Waals surface area (Å²) in [6.45, 7) is 4.35. The summed E-state index contributed by atoms with van der Waals surface area (Å²) < 4.78 is 32.5. The van der Waals surface area contributed by atoms with Crippen LogP contribution >= 0.6 is 0 Å². The van der Waals surface area contributed by atoms with Gasteiger partial charge in [0.25, 0.3) is 0 Å². The summed E-state index contributed by atoms with van der Waals surface area (Å²) in [4.78, 5) is 4.80. The van der Waals surface area contributed by atoms with Crippen molar-refractivity contribution in [2.24, 2.45) is 0 Å². The van der Waals surface area contributed by atoms with Gasteiger partial charge in [0, 0.05) is 37.9 Å². The van der Waals surface area contributed by atoms with Crippen LogP contribution in [0.2, 0.25) is 0 Å². The van der Waals surface area contributed by atoms with E-state index in [4.69, 9.17) is 4.42 Å². The van der Waals surface area contributed by atoms with Crippen molar-refractivity contribution in [3.05, 3.63) is 5.89 Å². The third-order valence-electron chi connectivity index (χ3n) is 6.14. The molecule has 0 N–H and O–H groups in total. The van der Waals surface area contributed by atoms with Crippen LogP contribution in [0.4, 0.5) is 14.8 Å². The second kappa shape index (κ2) is 7.17. The molecule has 140 valence electrons. The summed E-state index contributed by atoms with van der Waals surface area (Å²) in [6, 6.07) is 1.25. The van der Waals surface area contributed by atoms with E-state index >= 15 is 0 Å². The Morgan fingerprint density at radius 1 is 0.880 bits per heavy atom. The molecule has 1 aromatic heterocycles. The van der Waals surface area contributed by atoms with Gasteiger partial charge in [-0.15, -0.1) is 5.10 Å². The summed E-state index contributed by atoms with van der Waals surface area (Å²) in [7, 11) is 0. The zero-order chi connectivity index (χ0) is 17.3. The van der Waals surface area contributed by atoms with Gasteiger partial charge in [0.2, 0.25) is 11.8 Å². The van der Waals surface area contributed by atoms with Crippen molar-refractivity contribution in [3.8, 4) is 0 Å². The van der Waals surface area contributed by atoms with E-state index in [0.717, 1.165) is 25.9 Å². The maximum Gasteiger partial charge on any atom is 0.318 e. The van der Waals surface area contributed by atoms with Crippen LogP contribution in [-0.4, -0.2) is 53.2 Å². The number of hydrogen-bond donors (Lipinski definition) is 0. The van der Waals surface area contributed by atoms with Crippen molar-refractivity contribution in [2.45, 2.75) is 75.7 Å². The van der Waals surface area contributed by atoms with Crippen LogP contribution in [0.25, 0.3) is 0 Å². The minimum atomic E-state index is -2.52. The molecule has 25 heavy (non-hydrogen) atoms. The van der Waals surface area contributed by atoms with Gasteiger partial charge in [0.15, 0.2) is 0 Å². The Hall–Kier alpha value is -1.24. The van der Waals surface area contributed by atoms with E-state index in [0.29, 0.717) is 30.8 Å². The Bertz CT molecular complexity index is 555. The van der Waals surface area contributed by atoms with Crippen LogP contribution in [0.5, 0.6) is 0 Å². The quantitative estimate of drug-likeness (QED) is 0.826. The summed E-state index contributed by atoms with van der Waals surface area (Å²) in [5.74, 6) is -1.98. The Morgan fingerprint density at radius 2 is 1.56 bits per heavy atom. The van der Waals surface area contributed by atoms with E-state index in [2.05, 4.69) is 20.0 Å². The molecule has 0 unspecified atom stereocenters. The lowest BCUT2D eigenvalue weighted by molar-refractivity contribution is -0.0398. The van der Waals surface area contributed by atoms with Gasteiger partial charge in [-0.2, -0.15) is 0 Å². The highest BCUT2D eigenvalue weighted by Gasteiger charge is 2.37. The molecular formula is C18H28F2N4O. The zero-order valence-corrected chi connectivity index (χ0v) is 14.8. The maximum absolute atomic E-state index is 13.3. The van der Waals surface area contributed by atoms with Crippen LogP contribution in [0.1, 0.15) is 69.6 Å². The van der Waals surface area contributed by atoms with E-state index in [9.17, 15) is 8.78 Å². The molecule has 0 bridgehead atoms. The molecule has 1 aromatic rings. The van der Waals surface area contributed by atoms with Crippen LogP contribution in [0, 0.1) is 0 Å². The van der Waals surface area contributed by atoms with Gasteiger partial charge < -0.3 is 14.2 Å². The van der Waals surface area contributed by atoms with Crippen molar-refractivity contribution in [3.63, 3.8) is 0 Å². The van der Waals surface area contributed by atoms with Gasteiger partial charge in [0.1, 0.15) is 0 Å². The first-order valence-corrected chi connectivity index (χ1v) is 9.81. The monoisotopic (exact) mass is 354 g/mol. The molecule has 0 aromatic carbocycles. The third kappa shape index (κ3) is 3.96. The maximum atomic E-state index is 13.3. The molecule has 0 radical (unpaired) electrons. The van der Waals surface area contributed by atoms with Crippen LogP contribution in [0.15, 0.2) is 4.42 Å². The molecule has 5 nitrogen and oxygen atoms in total. The number of piperidine rings is 2. The molecule has 3 aliphatic rings. The smallest absolute Gasteiger partial charge is 0.318 e. The van der Waals surface area contributed by atoms with Gasteiger partial charge >= 0.3 is 6.01 Å². The second-order valence-electron chi connectivity index (χ2n) is 7.87. The SMILES string of the molecule is FC1(F)CCC(c2nnc(N3CCC(N4CCCCC4)CC3)o2)CC1. The van der Waals surface area contributed by atoms with Crippen molar-refractivity contribution in [1.82, 2.24) is 15.1 Å². The minimum Gasteiger partial charge on any atom is -0.408 e. The van der Waals surface area contributed by atoms with Gasteiger partial charge in [-0.25, -0.2) is 8.78 Å². The molecule has 1 saturated carbocycles. The van der Waals surface area contributed by atoms with E-state index in [1.165, 1.54) is 32.4 Å². The van der Waals surface area contributed by atoms with Gasteiger partial charge in [-0.3, -0.25) is 0 Å². The first kappa shape index (κ1) is 17.2. The average Bonchev–Trinajstić information content (AvgIpc) is 3.13. The molecular weight excluding hydrogens is 326 g/mol. The summed E-state index contributed by atoms with van der Waals surface area (Å²) in [6.07, 6.45) is 7.01. The van der Waals surface area contributed by atoms with Gasteiger partial charge in [-0.05, 0) is 51.6 Å². The molecule has 0 spiro atoms. The zero-order valence-electron chi connectivity index (χ0n) is 14.8. The number of hydrogen-bond acceptors (Lipinski definition) is 5. The number of nitrogens with zero attached hydrogens (tertiary/aromatic N) is 4. The topological polar surface area (TPSA) is 45.4 Å². The van der Waals surface area contributed by atoms with E-state index in [-0.39, 0.29) is 18.8 Å². The first-order valence-electron chi connectivity index (χ1n) is 9.81. The highest BCUT2D eigenvalue weighted by atomic mass is 19.3.